The highest BCUT2D eigenvalue weighted by Crippen LogP contribution is 2.26. The lowest BCUT2D eigenvalue weighted by atomic mass is 10.1. The molecule has 1 amide bonds. The van der Waals surface area contributed by atoms with Crippen molar-refractivity contribution in [1.82, 2.24) is 25.3 Å². The smallest absolute Gasteiger partial charge is 0.274 e. The van der Waals surface area contributed by atoms with E-state index in [2.05, 4.69) is 46.6 Å². The number of amides is 1. The molecular weight excluding hydrogens is 338 g/mol. The molecule has 1 aliphatic carbocycles. The average Bonchev–Trinajstić information content (AvgIpc) is 3.34. The van der Waals surface area contributed by atoms with E-state index in [1.807, 2.05) is 18.2 Å². The lowest BCUT2D eigenvalue weighted by Crippen LogP contribution is -2.33. The van der Waals surface area contributed by atoms with Crippen molar-refractivity contribution in [1.29, 1.82) is 0 Å². The number of benzene rings is 1. The maximum Gasteiger partial charge on any atom is 0.274 e. The third kappa shape index (κ3) is 3.47. The number of aryl methyl sites for hydroxylation is 2. The summed E-state index contributed by atoms with van der Waals surface area (Å²) in [5.74, 6) is -0.163. The summed E-state index contributed by atoms with van der Waals surface area (Å²) in [6, 6.07) is 10.1. The molecule has 1 fully saturated rings. The van der Waals surface area contributed by atoms with Crippen LogP contribution in [0.3, 0.4) is 0 Å². The molecule has 0 bridgehead atoms. The molecule has 1 aliphatic rings. The average molecular weight is 361 g/mol. The van der Waals surface area contributed by atoms with E-state index < -0.39 is 0 Å². The fourth-order valence-corrected chi connectivity index (χ4v) is 3.57. The molecule has 4 rings (SSSR count). The Hall–Kier alpha value is -3.02. The summed E-state index contributed by atoms with van der Waals surface area (Å²) in [4.78, 5) is 17.0. The second kappa shape index (κ2) is 7.31. The van der Waals surface area contributed by atoms with Crippen molar-refractivity contribution in [2.24, 2.45) is 0 Å². The molecule has 1 saturated carbocycles. The molecule has 27 heavy (non-hydrogen) atoms. The van der Waals surface area contributed by atoms with Gasteiger partial charge in [-0.15, -0.1) is 5.10 Å². The molecule has 6 nitrogen and oxygen atoms in total. The highest BCUT2D eigenvalue weighted by Gasteiger charge is 2.25. The van der Waals surface area contributed by atoms with Crippen molar-refractivity contribution in [3.8, 4) is 16.9 Å². The molecule has 138 valence electrons. The highest BCUT2D eigenvalue weighted by molar-refractivity contribution is 5.98. The van der Waals surface area contributed by atoms with Gasteiger partial charge in [-0.05, 0) is 62.1 Å². The SMILES string of the molecule is Cc1ccc(-n2nnc(C(=O)NC3CCCC3)c2-c2ccncc2)cc1C. The largest absolute Gasteiger partial charge is 0.348 e. The zero-order chi connectivity index (χ0) is 18.8. The Bertz CT molecular complexity index is 958. The second-order valence-electron chi connectivity index (χ2n) is 7.16. The van der Waals surface area contributed by atoms with Gasteiger partial charge in [-0.2, -0.15) is 0 Å². The molecule has 0 radical (unpaired) electrons. The van der Waals surface area contributed by atoms with Crippen LogP contribution >= 0.6 is 0 Å². The van der Waals surface area contributed by atoms with Crippen LogP contribution < -0.4 is 5.32 Å². The Labute approximate surface area is 158 Å². The minimum Gasteiger partial charge on any atom is -0.348 e. The van der Waals surface area contributed by atoms with Crippen LogP contribution in [0.25, 0.3) is 16.9 Å². The van der Waals surface area contributed by atoms with E-state index in [0.717, 1.165) is 36.9 Å². The van der Waals surface area contributed by atoms with Crippen LogP contribution in [0.15, 0.2) is 42.7 Å². The van der Waals surface area contributed by atoms with Crippen LogP contribution in [0.2, 0.25) is 0 Å². The van der Waals surface area contributed by atoms with Crippen molar-refractivity contribution in [2.75, 3.05) is 0 Å². The van der Waals surface area contributed by atoms with Gasteiger partial charge in [-0.3, -0.25) is 9.78 Å². The van der Waals surface area contributed by atoms with Crippen LogP contribution in [0.5, 0.6) is 0 Å². The molecule has 2 aromatic heterocycles. The number of hydrogen-bond donors (Lipinski definition) is 1. The predicted molar refractivity (Wildman–Crippen MR) is 104 cm³/mol. The molecule has 0 aliphatic heterocycles. The van der Waals surface area contributed by atoms with Crippen LogP contribution in [0.4, 0.5) is 0 Å². The zero-order valence-electron chi connectivity index (χ0n) is 15.6. The minimum absolute atomic E-state index is 0.163. The van der Waals surface area contributed by atoms with Crippen LogP contribution in [0, 0.1) is 13.8 Å². The fraction of sp³-hybridized carbons (Fsp3) is 0.333. The standard InChI is InChI=1S/C21H23N5O/c1-14-7-8-18(13-15(14)2)26-20(16-9-11-22-12-10-16)19(24-25-26)21(27)23-17-5-3-4-6-17/h7-13,17H,3-6H2,1-2H3,(H,23,27). The van der Waals surface area contributed by atoms with Crippen LogP contribution in [-0.2, 0) is 0 Å². The Balaban J connectivity index is 1.78. The van der Waals surface area contributed by atoms with Crippen molar-refractivity contribution in [3.05, 3.63) is 59.5 Å². The number of nitrogens with zero attached hydrogens (tertiary/aromatic N) is 4. The van der Waals surface area contributed by atoms with E-state index in [1.54, 1.807) is 17.1 Å². The van der Waals surface area contributed by atoms with E-state index in [1.165, 1.54) is 11.1 Å². The van der Waals surface area contributed by atoms with Gasteiger partial charge < -0.3 is 5.32 Å². The highest BCUT2D eigenvalue weighted by atomic mass is 16.2. The Kier molecular flexibility index (Phi) is 4.71. The first-order chi connectivity index (χ1) is 13.1. The molecule has 0 atom stereocenters. The third-order valence-corrected chi connectivity index (χ3v) is 5.26. The number of hydrogen-bond acceptors (Lipinski definition) is 4. The lowest BCUT2D eigenvalue weighted by Gasteiger charge is -2.12. The maximum absolute atomic E-state index is 12.9. The number of carbonyl (C=O) groups excluding carboxylic acids is 1. The van der Waals surface area contributed by atoms with Gasteiger partial charge in [0, 0.05) is 24.0 Å². The monoisotopic (exact) mass is 361 g/mol. The molecule has 0 unspecified atom stereocenters. The molecule has 0 saturated heterocycles. The summed E-state index contributed by atoms with van der Waals surface area (Å²) in [5.41, 5.74) is 5.17. The van der Waals surface area contributed by atoms with E-state index in [0.29, 0.717) is 11.4 Å². The topological polar surface area (TPSA) is 72.7 Å². The predicted octanol–water partition coefficient (Wildman–Crippen LogP) is 3.62. The van der Waals surface area contributed by atoms with Crippen molar-refractivity contribution < 1.29 is 4.79 Å². The van der Waals surface area contributed by atoms with Gasteiger partial charge in [-0.25, -0.2) is 4.68 Å². The zero-order valence-corrected chi connectivity index (χ0v) is 15.6. The molecular formula is C21H23N5O. The summed E-state index contributed by atoms with van der Waals surface area (Å²) in [6.45, 7) is 4.14. The van der Waals surface area contributed by atoms with Gasteiger partial charge in [0.1, 0.15) is 5.69 Å². The summed E-state index contributed by atoms with van der Waals surface area (Å²) >= 11 is 0. The summed E-state index contributed by atoms with van der Waals surface area (Å²) in [6.07, 6.45) is 7.82. The second-order valence-corrected chi connectivity index (χ2v) is 7.16. The van der Waals surface area contributed by atoms with Crippen molar-refractivity contribution in [2.45, 2.75) is 45.6 Å². The molecule has 3 aromatic rings. The lowest BCUT2D eigenvalue weighted by molar-refractivity contribution is 0.0933. The Morgan fingerprint density at radius 3 is 2.52 bits per heavy atom. The Morgan fingerprint density at radius 2 is 1.81 bits per heavy atom. The van der Waals surface area contributed by atoms with Crippen LogP contribution in [-0.4, -0.2) is 31.9 Å². The normalized spacial score (nSPS) is 14.4. The van der Waals surface area contributed by atoms with E-state index in [9.17, 15) is 4.79 Å². The van der Waals surface area contributed by atoms with Crippen LogP contribution in [0.1, 0.15) is 47.3 Å². The van der Waals surface area contributed by atoms with Gasteiger partial charge in [0.15, 0.2) is 5.69 Å². The summed E-state index contributed by atoms with van der Waals surface area (Å²) in [7, 11) is 0. The quantitative estimate of drug-likeness (QED) is 0.770. The van der Waals surface area contributed by atoms with E-state index in [4.69, 9.17) is 0 Å². The molecule has 2 heterocycles. The first-order valence-corrected chi connectivity index (χ1v) is 9.38. The first-order valence-electron chi connectivity index (χ1n) is 9.38. The summed E-state index contributed by atoms with van der Waals surface area (Å²) < 4.78 is 1.74. The molecule has 6 heteroatoms. The maximum atomic E-state index is 12.9. The van der Waals surface area contributed by atoms with E-state index >= 15 is 0 Å². The molecule has 0 spiro atoms. The molecule has 1 N–H and O–H groups in total. The number of aromatic nitrogens is 4. The minimum atomic E-state index is -0.163. The number of pyridine rings is 1. The van der Waals surface area contributed by atoms with Gasteiger partial charge in [0.25, 0.3) is 5.91 Å². The number of nitrogens with one attached hydrogen (secondary N) is 1. The number of rotatable bonds is 4. The van der Waals surface area contributed by atoms with Gasteiger partial charge >= 0.3 is 0 Å². The van der Waals surface area contributed by atoms with E-state index in [-0.39, 0.29) is 11.9 Å². The van der Waals surface area contributed by atoms with Gasteiger partial charge in [0.05, 0.1) is 5.69 Å². The molecule has 1 aromatic carbocycles. The van der Waals surface area contributed by atoms with Crippen molar-refractivity contribution in [3.63, 3.8) is 0 Å². The van der Waals surface area contributed by atoms with Gasteiger partial charge in [-0.1, -0.05) is 24.1 Å². The summed E-state index contributed by atoms with van der Waals surface area (Å²) in [5, 5.41) is 11.7. The third-order valence-electron chi connectivity index (χ3n) is 5.26. The van der Waals surface area contributed by atoms with Gasteiger partial charge in [0.2, 0.25) is 0 Å². The number of carbonyl (C=O) groups is 1. The Morgan fingerprint density at radius 1 is 1.07 bits per heavy atom. The fourth-order valence-electron chi connectivity index (χ4n) is 3.57. The first kappa shape index (κ1) is 17.4. The van der Waals surface area contributed by atoms with Crippen molar-refractivity contribution >= 4 is 5.91 Å².